The van der Waals surface area contributed by atoms with E-state index in [0.717, 1.165) is 10.1 Å². The number of anilines is 1. The second-order valence-electron chi connectivity index (χ2n) is 6.15. The smallest absolute Gasteiger partial charge is 0.351 e. The molecule has 0 bridgehead atoms. The zero-order valence-corrected chi connectivity index (χ0v) is 15.1. The van der Waals surface area contributed by atoms with Gasteiger partial charge in [0, 0.05) is 6.20 Å². The molecule has 1 aliphatic heterocycles. The molecule has 1 aromatic heterocycles. The third kappa shape index (κ3) is 3.87. The van der Waals surface area contributed by atoms with Gasteiger partial charge in [0.15, 0.2) is 6.23 Å². The molecule has 0 saturated carbocycles. The molecule has 1 saturated heterocycles. The molecule has 146 valence electrons. The standard InChI is InChI=1S/C16H19N3O7S/c1-9-2-4-10(5-3-9)27(24,25)18-12-6-7-19(16(23)17-12)15-14(22)13(21)11(8-20)26-15/h2-7,11,13-15,20-22H,8H2,1H3,(H,17,18,23)/t11-,13?,14+,15-/m1/s1. The summed E-state index contributed by atoms with van der Waals surface area (Å²) in [6.45, 7) is 1.29. The quantitative estimate of drug-likeness (QED) is 0.500. The summed E-state index contributed by atoms with van der Waals surface area (Å²) in [6, 6.07) is 7.36. The number of ether oxygens (including phenoxy) is 1. The van der Waals surface area contributed by atoms with Gasteiger partial charge in [0.05, 0.1) is 11.5 Å². The van der Waals surface area contributed by atoms with Gasteiger partial charge < -0.3 is 20.1 Å². The number of aliphatic hydroxyl groups is 3. The molecule has 3 rings (SSSR count). The lowest BCUT2D eigenvalue weighted by atomic mass is 10.1. The number of hydrogen-bond donors (Lipinski definition) is 4. The Morgan fingerprint density at radius 3 is 2.41 bits per heavy atom. The van der Waals surface area contributed by atoms with E-state index >= 15 is 0 Å². The molecule has 1 unspecified atom stereocenters. The summed E-state index contributed by atoms with van der Waals surface area (Å²) in [5.74, 6) is -0.205. The Labute approximate surface area is 154 Å². The van der Waals surface area contributed by atoms with E-state index in [9.17, 15) is 23.4 Å². The predicted molar refractivity (Wildman–Crippen MR) is 93.5 cm³/mol. The van der Waals surface area contributed by atoms with Crippen molar-refractivity contribution in [2.24, 2.45) is 0 Å². The highest BCUT2D eigenvalue weighted by atomic mass is 32.2. The van der Waals surface area contributed by atoms with Crippen molar-refractivity contribution in [1.29, 1.82) is 0 Å². The van der Waals surface area contributed by atoms with Crippen molar-refractivity contribution in [3.8, 4) is 0 Å². The van der Waals surface area contributed by atoms with Crippen LogP contribution in [0.3, 0.4) is 0 Å². The number of aryl methyl sites for hydroxylation is 1. The molecule has 1 aliphatic rings. The molecule has 2 heterocycles. The maximum atomic E-state index is 12.4. The summed E-state index contributed by atoms with van der Waals surface area (Å²) >= 11 is 0. The van der Waals surface area contributed by atoms with Crippen molar-refractivity contribution < 1.29 is 28.5 Å². The van der Waals surface area contributed by atoms with E-state index in [1.807, 2.05) is 6.92 Å². The van der Waals surface area contributed by atoms with Gasteiger partial charge in [0.25, 0.3) is 10.0 Å². The van der Waals surface area contributed by atoms with Crippen LogP contribution in [0, 0.1) is 6.92 Å². The molecule has 0 radical (unpaired) electrons. The number of aromatic nitrogens is 2. The number of rotatable bonds is 5. The van der Waals surface area contributed by atoms with E-state index in [1.165, 1.54) is 24.4 Å². The van der Waals surface area contributed by atoms with Gasteiger partial charge in [-0.3, -0.25) is 9.29 Å². The van der Waals surface area contributed by atoms with Crippen molar-refractivity contribution in [1.82, 2.24) is 9.55 Å². The lowest BCUT2D eigenvalue weighted by molar-refractivity contribution is -0.0549. The van der Waals surface area contributed by atoms with Crippen LogP contribution in [0.1, 0.15) is 11.8 Å². The summed E-state index contributed by atoms with van der Waals surface area (Å²) in [7, 11) is -3.93. The summed E-state index contributed by atoms with van der Waals surface area (Å²) in [4.78, 5) is 15.9. The van der Waals surface area contributed by atoms with E-state index in [-0.39, 0.29) is 10.7 Å². The van der Waals surface area contributed by atoms with Gasteiger partial charge in [-0.1, -0.05) is 17.7 Å². The average Bonchev–Trinajstić information content (AvgIpc) is 2.90. The molecule has 4 atom stereocenters. The molecule has 4 N–H and O–H groups in total. The Morgan fingerprint density at radius 2 is 1.85 bits per heavy atom. The number of hydrogen-bond acceptors (Lipinski definition) is 8. The summed E-state index contributed by atoms with van der Waals surface area (Å²) in [5.41, 5.74) is 0.00195. The average molecular weight is 397 g/mol. The molecule has 0 spiro atoms. The van der Waals surface area contributed by atoms with E-state index < -0.39 is 46.9 Å². The normalized spacial score (nSPS) is 25.5. The number of nitrogens with zero attached hydrogens (tertiary/aromatic N) is 2. The van der Waals surface area contributed by atoms with E-state index in [2.05, 4.69) is 9.71 Å². The van der Waals surface area contributed by atoms with E-state index in [4.69, 9.17) is 9.84 Å². The van der Waals surface area contributed by atoms with Crippen molar-refractivity contribution >= 4 is 15.8 Å². The second-order valence-corrected chi connectivity index (χ2v) is 7.83. The van der Waals surface area contributed by atoms with Crippen LogP contribution < -0.4 is 10.4 Å². The van der Waals surface area contributed by atoms with Crippen molar-refractivity contribution in [3.05, 3.63) is 52.6 Å². The Kier molecular flexibility index (Phi) is 5.31. The minimum Gasteiger partial charge on any atom is -0.394 e. The van der Waals surface area contributed by atoms with E-state index in [1.54, 1.807) is 12.1 Å². The van der Waals surface area contributed by atoms with Crippen molar-refractivity contribution in [2.45, 2.75) is 36.4 Å². The Bertz CT molecular complexity index is 974. The molecular weight excluding hydrogens is 378 g/mol. The first-order valence-electron chi connectivity index (χ1n) is 8.04. The van der Waals surface area contributed by atoms with Crippen LogP contribution in [0.15, 0.2) is 46.2 Å². The fourth-order valence-electron chi connectivity index (χ4n) is 2.69. The van der Waals surface area contributed by atoms with Crippen LogP contribution in [-0.2, 0) is 14.8 Å². The lowest BCUT2D eigenvalue weighted by Crippen LogP contribution is -2.36. The third-order valence-electron chi connectivity index (χ3n) is 4.19. The SMILES string of the molecule is Cc1ccc(S(=O)(=O)Nc2ccn([C@@H]3O[C@H](CO)C(O)[C@@H]3O)c(=O)n2)cc1. The second kappa shape index (κ2) is 7.37. The summed E-state index contributed by atoms with van der Waals surface area (Å²) in [6.07, 6.45) is -3.93. The summed E-state index contributed by atoms with van der Waals surface area (Å²) < 4.78 is 33.1. The van der Waals surface area contributed by atoms with Crippen molar-refractivity contribution in [2.75, 3.05) is 11.3 Å². The monoisotopic (exact) mass is 397 g/mol. The Morgan fingerprint density at radius 1 is 1.19 bits per heavy atom. The van der Waals surface area contributed by atoms with E-state index in [0.29, 0.717) is 0 Å². The van der Waals surface area contributed by atoms with Gasteiger partial charge in [-0.15, -0.1) is 0 Å². The zero-order chi connectivity index (χ0) is 19.8. The maximum Gasteiger partial charge on any atom is 0.351 e. The highest BCUT2D eigenvalue weighted by molar-refractivity contribution is 7.92. The topological polar surface area (TPSA) is 151 Å². The minimum atomic E-state index is -3.93. The molecule has 0 amide bonds. The number of aliphatic hydroxyl groups excluding tert-OH is 3. The molecular formula is C16H19N3O7S. The largest absolute Gasteiger partial charge is 0.394 e. The molecule has 11 heteroatoms. The third-order valence-corrected chi connectivity index (χ3v) is 5.56. The van der Waals surface area contributed by atoms with Crippen LogP contribution in [-0.4, -0.2) is 58.2 Å². The van der Waals surface area contributed by atoms with Crippen LogP contribution in [0.4, 0.5) is 5.82 Å². The van der Waals surface area contributed by atoms with Gasteiger partial charge in [0.2, 0.25) is 0 Å². The molecule has 1 fully saturated rings. The van der Waals surface area contributed by atoms with Gasteiger partial charge in [-0.25, -0.2) is 13.2 Å². The first-order chi connectivity index (χ1) is 12.7. The highest BCUT2D eigenvalue weighted by Crippen LogP contribution is 2.28. The van der Waals surface area contributed by atoms with Crippen LogP contribution in [0.2, 0.25) is 0 Å². The molecule has 2 aromatic rings. The molecule has 0 aliphatic carbocycles. The predicted octanol–water partition coefficient (Wildman–Crippen LogP) is -1.04. The van der Waals surface area contributed by atoms with Gasteiger partial charge in [-0.2, -0.15) is 4.98 Å². The fourth-order valence-corrected chi connectivity index (χ4v) is 3.69. The first kappa shape index (κ1) is 19.5. The zero-order valence-electron chi connectivity index (χ0n) is 14.3. The molecule has 10 nitrogen and oxygen atoms in total. The highest BCUT2D eigenvalue weighted by Gasteiger charge is 2.43. The van der Waals surface area contributed by atoms with Crippen molar-refractivity contribution in [3.63, 3.8) is 0 Å². The number of sulfonamides is 1. The molecule has 27 heavy (non-hydrogen) atoms. The first-order valence-corrected chi connectivity index (χ1v) is 9.52. The van der Waals surface area contributed by atoms with Gasteiger partial charge in [0.1, 0.15) is 24.1 Å². The Balaban J connectivity index is 1.83. The van der Waals surface area contributed by atoms with Gasteiger partial charge >= 0.3 is 5.69 Å². The fraction of sp³-hybridized carbons (Fsp3) is 0.375. The number of benzene rings is 1. The lowest BCUT2D eigenvalue weighted by Gasteiger charge is -2.17. The minimum absolute atomic E-state index is 0.0162. The van der Waals surface area contributed by atoms with Gasteiger partial charge in [-0.05, 0) is 25.1 Å². The molecule has 1 aromatic carbocycles. The van der Waals surface area contributed by atoms with Crippen LogP contribution in [0.25, 0.3) is 0 Å². The number of nitrogens with one attached hydrogen (secondary N) is 1. The van der Waals surface area contributed by atoms with Crippen LogP contribution in [0.5, 0.6) is 0 Å². The Hall–Kier alpha value is -2.31. The summed E-state index contributed by atoms with van der Waals surface area (Å²) in [5, 5.41) is 28.9. The maximum absolute atomic E-state index is 12.4. The van der Waals surface area contributed by atoms with Crippen LogP contribution >= 0.6 is 0 Å².